The molecule has 0 saturated carbocycles. The van der Waals surface area contributed by atoms with E-state index in [1.165, 1.54) is 12.1 Å². The molecule has 1 aliphatic rings. The summed E-state index contributed by atoms with van der Waals surface area (Å²) >= 11 is 1.57. The van der Waals surface area contributed by atoms with Crippen molar-refractivity contribution in [2.24, 2.45) is 0 Å². The molecule has 0 bridgehead atoms. The Morgan fingerprint density at radius 1 is 1.10 bits per heavy atom. The lowest BCUT2D eigenvalue weighted by Crippen LogP contribution is -2.48. The summed E-state index contributed by atoms with van der Waals surface area (Å²) in [6.45, 7) is 2.77. The number of carbonyl (C=O) groups is 1. The minimum absolute atomic E-state index is 0.0622. The average molecular weight is 438 g/mol. The number of hydrogen-bond acceptors (Lipinski definition) is 8. The third kappa shape index (κ3) is 4.24. The zero-order valence-corrected chi connectivity index (χ0v) is 17.4. The summed E-state index contributed by atoms with van der Waals surface area (Å²) in [6, 6.07) is 9.72. The number of nitrogens with zero attached hydrogens (tertiary/aromatic N) is 6. The highest BCUT2D eigenvalue weighted by Gasteiger charge is 2.23. The normalized spacial score (nSPS) is 14.4. The first-order valence-electron chi connectivity index (χ1n) is 9.98. The molecule has 31 heavy (non-hydrogen) atoms. The van der Waals surface area contributed by atoms with E-state index in [0.29, 0.717) is 43.2 Å². The second-order valence-electron chi connectivity index (χ2n) is 7.21. The van der Waals surface area contributed by atoms with Gasteiger partial charge in [-0.05, 0) is 36.4 Å². The fourth-order valence-electron chi connectivity index (χ4n) is 3.49. The van der Waals surface area contributed by atoms with E-state index in [2.05, 4.69) is 25.0 Å². The fourth-order valence-corrected chi connectivity index (χ4v) is 4.45. The molecule has 0 atom stereocenters. The lowest BCUT2D eigenvalue weighted by molar-refractivity contribution is -0.131. The molecule has 0 radical (unpaired) electrons. The number of aryl methyl sites for hydroxylation is 1. The number of piperazine rings is 1. The maximum atomic E-state index is 13.0. The number of benzene rings is 1. The molecule has 10 heteroatoms. The Kier molecular flexibility index (Phi) is 5.29. The molecule has 0 unspecified atom stereocenters. The standard InChI is InChI=1S/C21H19FN6O2S/c22-15-5-3-14(4-6-15)19-25-17(30-26-19)7-8-18(29)27-10-12-28(13-11-27)21-24-16-2-1-9-23-20(16)31-21/h1-6,9H,7-8,10-13H2. The molecule has 0 N–H and O–H groups in total. The number of fused-ring (bicyclic) bond motifs is 1. The SMILES string of the molecule is O=C(CCc1nc(-c2ccc(F)cc2)no1)N1CCN(c2nc3cccnc3s2)CC1. The Labute approximate surface area is 181 Å². The van der Waals surface area contributed by atoms with Crippen LogP contribution in [0, 0.1) is 5.82 Å². The molecule has 5 rings (SSSR count). The molecule has 1 saturated heterocycles. The highest BCUT2D eigenvalue weighted by Crippen LogP contribution is 2.27. The first-order valence-corrected chi connectivity index (χ1v) is 10.8. The van der Waals surface area contributed by atoms with Crippen molar-refractivity contribution in [2.75, 3.05) is 31.1 Å². The van der Waals surface area contributed by atoms with Gasteiger partial charge in [0.05, 0.1) is 0 Å². The van der Waals surface area contributed by atoms with Gasteiger partial charge >= 0.3 is 0 Å². The van der Waals surface area contributed by atoms with Gasteiger partial charge in [0.25, 0.3) is 0 Å². The minimum Gasteiger partial charge on any atom is -0.344 e. The number of amides is 1. The summed E-state index contributed by atoms with van der Waals surface area (Å²) in [4.78, 5) is 30.9. The van der Waals surface area contributed by atoms with E-state index in [9.17, 15) is 9.18 Å². The van der Waals surface area contributed by atoms with Crippen molar-refractivity contribution in [2.45, 2.75) is 12.8 Å². The number of aromatic nitrogens is 4. The van der Waals surface area contributed by atoms with Crippen molar-refractivity contribution in [3.05, 3.63) is 54.3 Å². The summed E-state index contributed by atoms with van der Waals surface area (Å²) < 4.78 is 18.3. The summed E-state index contributed by atoms with van der Waals surface area (Å²) in [5, 5.41) is 4.86. The van der Waals surface area contributed by atoms with Crippen LogP contribution in [0.15, 0.2) is 47.1 Å². The maximum absolute atomic E-state index is 13.0. The highest BCUT2D eigenvalue weighted by atomic mass is 32.1. The van der Waals surface area contributed by atoms with E-state index in [-0.39, 0.29) is 11.7 Å². The maximum Gasteiger partial charge on any atom is 0.227 e. The van der Waals surface area contributed by atoms with E-state index in [1.807, 2.05) is 17.0 Å². The van der Waals surface area contributed by atoms with E-state index >= 15 is 0 Å². The molecule has 1 amide bonds. The Balaban J connectivity index is 1.14. The fraction of sp³-hybridized carbons (Fsp3) is 0.286. The van der Waals surface area contributed by atoms with Crippen molar-refractivity contribution in [3.8, 4) is 11.4 Å². The van der Waals surface area contributed by atoms with Crippen LogP contribution in [0.4, 0.5) is 9.52 Å². The van der Waals surface area contributed by atoms with Gasteiger partial charge in [0, 0.05) is 50.8 Å². The van der Waals surface area contributed by atoms with E-state index in [1.54, 1.807) is 29.7 Å². The Hall–Kier alpha value is -3.40. The largest absolute Gasteiger partial charge is 0.344 e. The Bertz CT molecular complexity index is 1170. The Morgan fingerprint density at radius 2 is 1.90 bits per heavy atom. The van der Waals surface area contributed by atoms with Gasteiger partial charge in [-0.3, -0.25) is 4.79 Å². The topological polar surface area (TPSA) is 88.3 Å². The summed E-state index contributed by atoms with van der Waals surface area (Å²) in [5.41, 5.74) is 1.57. The quantitative estimate of drug-likeness (QED) is 0.473. The number of carbonyl (C=O) groups excluding carboxylic acids is 1. The summed E-state index contributed by atoms with van der Waals surface area (Å²) in [7, 11) is 0. The van der Waals surface area contributed by atoms with E-state index in [0.717, 1.165) is 28.6 Å². The molecule has 3 aromatic heterocycles. The molecule has 1 fully saturated rings. The average Bonchev–Trinajstić information content (AvgIpc) is 3.45. The van der Waals surface area contributed by atoms with Crippen LogP contribution in [0.3, 0.4) is 0 Å². The molecule has 0 aliphatic carbocycles. The zero-order chi connectivity index (χ0) is 21.2. The molecule has 0 spiro atoms. The van der Waals surface area contributed by atoms with Crippen molar-refractivity contribution < 1.29 is 13.7 Å². The number of thiazole rings is 1. The number of hydrogen-bond donors (Lipinski definition) is 0. The van der Waals surface area contributed by atoms with Crippen LogP contribution in [-0.2, 0) is 11.2 Å². The second-order valence-corrected chi connectivity index (χ2v) is 8.17. The number of anilines is 1. The van der Waals surface area contributed by atoms with Gasteiger partial charge in [0.15, 0.2) is 5.13 Å². The monoisotopic (exact) mass is 438 g/mol. The number of halogens is 1. The van der Waals surface area contributed by atoms with Crippen molar-refractivity contribution >= 4 is 32.7 Å². The molecule has 158 valence electrons. The van der Waals surface area contributed by atoms with Crippen LogP contribution in [0.2, 0.25) is 0 Å². The van der Waals surface area contributed by atoms with Gasteiger partial charge in [-0.15, -0.1) is 0 Å². The van der Waals surface area contributed by atoms with Crippen LogP contribution in [0.5, 0.6) is 0 Å². The first kappa shape index (κ1) is 19.6. The molecule has 1 aliphatic heterocycles. The third-order valence-electron chi connectivity index (χ3n) is 5.18. The van der Waals surface area contributed by atoms with Gasteiger partial charge < -0.3 is 14.3 Å². The van der Waals surface area contributed by atoms with E-state index in [4.69, 9.17) is 4.52 Å². The second kappa shape index (κ2) is 8.38. The van der Waals surface area contributed by atoms with Crippen LogP contribution < -0.4 is 4.90 Å². The van der Waals surface area contributed by atoms with Gasteiger partial charge in [0.1, 0.15) is 16.2 Å². The molecule has 8 nitrogen and oxygen atoms in total. The van der Waals surface area contributed by atoms with Crippen LogP contribution in [0.25, 0.3) is 21.7 Å². The first-order chi connectivity index (χ1) is 15.2. The molecule has 4 aromatic rings. The van der Waals surface area contributed by atoms with Crippen LogP contribution >= 0.6 is 11.3 Å². The van der Waals surface area contributed by atoms with Crippen LogP contribution in [-0.4, -0.2) is 57.1 Å². The predicted molar refractivity (Wildman–Crippen MR) is 114 cm³/mol. The highest BCUT2D eigenvalue weighted by molar-refractivity contribution is 7.21. The van der Waals surface area contributed by atoms with Crippen LogP contribution in [0.1, 0.15) is 12.3 Å². The smallest absolute Gasteiger partial charge is 0.227 e. The van der Waals surface area contributed by atoms with Crippen molar-refractivity contribution in [1.29, 1.82) is 0 Å². The van der Waals surface area contributed by atoms with Gasteiger partial charge in [0.2, 0.25) is 17.6 Å². The Morgan fingerprint density at radius 3 is 2.68 bits per heavy atom. The van der Waals surface area contributed by atoms with E-state index < -0.39 is 0 Å². The molecular formula is C21H19FN6O2S. The third-order valence-corrected chi connectivity index (χ3v) is 6.22. The minimum atomic E-state index is -0.321. The lowest BCUT2D eigenvalue weighted by atomic mass is 10.2. The van der Waals surface area contributed by atoms with Crippen molar-refractivity contribution in [1.82, 2.24) is 25.0 Å². The van der Waals surface area contributed by atoms with Gasteiger partial charge in [-0.1, -0.05) is 16.5 Å². The molecular weight excluding hydrogens is 419 g/mol. The van der Waals surface area contributed by atoms with Gasteiger partial charge in [-0.25, -0.2) is 14.4 Å². The van der Waals surface area contributed by atoms with Gasteiger partial charge in [-0.2, -0.15) is 4.98 Å². The zero-order valence-electron chi connectivity index (χ0n) is 16.6. The molecule has 1 aromatic carbocycles. The number of rotatable bonds is 5. The summed E-state index contributed by atoms with van der Waals surface area (Å²) in [5.74, 6) is 0.528. The molecule has 4 heterocycles. The number of pyridine rings is 1. The summed E-state index contributed by atoms with van der Waals surface area (Å²) in [6.07, 6.45) is 2.44. The van der Waals surface area contributed by atoms with Crippen molar-refractivity contribution in [3.63, 3.8) is 0 Å². The lowest BCUT2D eigenvalue weighted by Gasteiger charge is -2.34. The predicted octanol–water partition coefficient (Wildman–Crippen LogP) is 3.16.